The van der Waals surface area contributed by atoms with Gasteiger partial charge in [0.15, 0.2) is 0 Å². The van der Waals surface area contributed by atoms with Gasteiger partial charge < -0.3 is 5.32 Å². The van der Waals surface area contributed by atoms with Crippen LogP contribution < -0.4 is 5.32 Å². The molecule has 2 heteroatoms. The van der Waals surface area contributed by atoms with Crippen molar-refractivity contribution in [1.29, 1.82) is 0 Å². The number of halogens is 1. The predicted octanol–water partition coefficient (Wildman–Crippen LogP) is 3.18. The molecular formula is C13H20ClN. The van der Waals surface area contributed by atoms with Crippen molar-refractivity contribution in [2.45, 2.75) is 26.2 Å². The van der Waals surface area contributed by atoms with Crippen LogP contribution in [0.4, 0.5) is 0 Å². The zero-order valence-corrected chi connectivity index (χ0v) is 10.3. The van der Waals surface area contributed by atoms with Gasteiger partial charge in [-0.05, 0) is 30.0 Å². The predicted molar refractivity (Wildman–Crippen MR) is 67.8 cm³/mol. The molecule has 1 rings (SSSR count). The summed E-state index contributed by atoms with van der Waals surface area (Å²) in [6, 6.07) is 8.89. The van der Waals surface area contributed by atoms with Gasteiger partial charge in [-0.3, -0.25) is 0 Å². The Labute approximate surface area is 97.8 Å². The fourth-order valence-electron chi connectivity index (χ4n) is 1.49. The number of nitrogens with one attached hydrogen (secondary N) is 1. The summed E-state index contributed by atoms with van der Waals surface area (Å²) in [6.07, 6.45) is 1.08. The van der Waals surface area contributed by atoms with Gasteiger partial charge in [0.05, 0.1) is 0 Å². The second-order valence-electron chi connectivity index (χ2n) is 4.09. The van der Waals surface area contributed by atoms with Gasteiger partial charge in [-0.2, -0.15) is 0 Å². The van der Waals surface area contributed by atoms with Crippen LogP contribution in [0.1, 0.15) is 30.9 Å². The van der Waals surface area contributed by atoms with Gasteiger partial charge in [0.25, 0.3) is 0 Å². The molecule has 0 amide bonds. The van der Waals surface area contributed by atoms with Crippen molar-refractivity contribution in [3.05, 3.63) is 35.4 Å². The third-order valence-corrected chi connectivity index (χ3v) is 2.70. The largest absolute Gasteiger partial charge is 0.315 e. The normalized spacial score (nSPS) is 10.9. The van der Waals surface area contributed by atoms with Gasteiger partial charge in [-0.15, -0.1) is 11.6 Å². The monoisotopic (exact) mass is 225 g/mol. The van der Waals surface area contributed by atoms with Crippen LogP contribution in [0.5, 0.6) is 0 Å². The third kappa shape index (κ3) is 4.67. The Balaban J connectivity index is 2.36. The van der Waals surface area contributed by atoms with Crippen molar-refractivity contribution in [3.63, 3.8) is 0 Å². The van der Waals surface area contributed by atoms with E-state index in [4.69, 9.17) is 11.6 Å². The zero-order valence-electron chi connectivity index (χ0n) is 9.59. The van der Waals surface area contributed by atoms with Crippen LogP contribution in [0, 0.1) is 0 Å². The highest BCUT2D eigenvalue weighted by atomic mass is 35.5. The van der Waals surface area contributed by atoms with Crippen molar-refractivity contribution in [1.82, 2.24) is 5.32 Å². The van der Waals surface area contributed by atoms with Crippen molar-refractivity contribution in [3.8, 4) is 0 Å². The fourth-order valence-corrected chi connectivity index (χ4v) is 1.63. The molecule has 0 atom stereocenters. The van der Waals surface area contributed by atoms with E-state index in [2.05, 4.69) is 43.4 Å². The summed E-state index contributed by atoms with van der Waals surface area (Å²) in [5.74, 6) is 1.31. The van der Waals surface area contributed by atoms with E-state index in [-0.39, 0.29) is 0 Å². The number of rotatable bonds is 6. The molecule has 0 bridgehead atoms. The molecule has 0 aliphatic carbocycles. The molecule has 1 nitrogen and oxygen atoms in total. The maximum Gasteiger partial charge on any atom is 0.0348 e. The Morgan fingerprint density at radius 2 is 1.80 bits per heavy atom. The fraction of sp³-hybridized carbons (Fsp3) is 0.538. The maximum absolute atomic E-state index is 5.58. The van der Waals surface area contributed by atoms with Crippen LogP contribution in [-0.2, 0) is 6.42 Å². The highest BCUT2D eigenvalue weighted by Gasteiger charge is 1.98. The first-order valence-electron chi connectivity index (χ1n) is 5.59. The molecule has 0 heterocycles. The second-order valence-corrected chi connectivity index (χ2v) is 4.46. The van der Waals surface area contributed by atoms with Crippen LogP contribution in [0.25, 0.3) is 0 Å². The molecule has 0 aliphatic rings. The van der Waals surface area contributed by atoms with E-state index in [1.165, 1.54) is 11.1 Å². The molecule has 0 unspecified atom stereocenters. The molecule has 1 aromatic carbocycles. The lowest BCUT2D eigenvalue weighted by Gasteiger charge is -2.07. The third-order valence-electron chi connectivity index (χ3n) is 2.51. The van der Waals surface area contributed by atoms with Crippen LogP contribution in [0.2, 0.25) is 0 Å². The Kier molecular flexibility index (Phi) is 5.74. The van der Waals surface area contributed by atoms with Crippen LogP contribution in [0.3, 0.4) is 0 Å². The molecule has 84 valence electrons. The summed E-state index contributed by atoms with van der Waals surface area (Å²) in [4.78, 5) is 0. The first kappa shape index (κ1) is 12.5. The lowest BCUT2D eigenvalue weighted by molar-refractivity contribution is 0.719. The number of benzene rings is 1. The van der Waals surface area contributed by atoms with E-state index in [9.17, 15) is 0 Å². The molecule has 1 N–H and O–H groups in total. The van der Waals surface area contributed by atoms with E-state index in [1.54, 1.807) is 0 Å². The van der Waals surface area contributed by atoms with Crippen LogP contribution >= 0.6 is 11.6 Å². The first-order chi connectivity index (χ1) is 7.24. The van der Waals surface area contributed by atoms with Gasteiger partial charge in [-0.25, -0.2) is 0 Å². The Morgan fingerprint density at radius 1 is 1.13 bits per heavy atom. The Morgan fingerprint density at radius 3 is 2.33 bits per heavy atom. The van der Waals surface area contributed by atoms with Crippen molar-refractivity contribution in [2.24, 2.45) is 0 Å². The van der Waals surface area contributed by atoms with Crippen LogP contribution in [0.15, 0.2) is 24.3 Å². The van der Waals surface area contributed by atoms with E-state index in [0.29, 0.717) is 11.8 Å². The lowest BCUT2D eigenvalue weighted by atomic mass is 10.0. The average molecular weight is 226 g/mol. The van der Waals surface area contributed by atoms with E-state index < -0.39 is 0 Å². The lowest BCUT2D eigenvalue weighted by Crippen LogP contribution is -2.19. The van der Waals surface area contributed by atoms with Gasteiger partial charge in [0.1, 0.15) is 0 Å². The molecule has 0 aromatic heterocycles. The minimum absolute atomic E-state index is 0.619. The van der Waals surface area contributed by atoms with Gasteiger partial charge in [-0.1, -0.05) is 38.1 Å². The summed E-state index contributed by atoms with van der Waals surface area (Å²) in [5, 5.41) is 3.29. The molecule has 15 heavy (non-hydrogen) atoms. The molecular weight excluding hydrogens is 206 g/mol. The van der Waals surface area contributed by atoms with E-state index >= 15 is 0 Å². The SMILES string of the molecule is CC(C)c1ccc(CCNCCCl)cc1. The second kappa shape index (κ2) is 6.86. The number of alkyl halides is 1. The highest BCUT2D eigenvalue weighted by Crippen LogP contribution is 2.14. The van der Waals surface area contributed by atoms with Gasteiger partial charge in [0, 0.05) is 12.4 Å². The first-order valence-corrected chi connectivity index (χ1v) is 6.13. The summed E-state index contributed by atoms with van der Waals surface area (Å²) >= 11 is 5.58. The highest BCUT2D eigenvalue weighted by molar-refractivity contribution is 6.18. The maximum atomic E-state index is 5.58. The molecule has 0 aliphatic heterocycles. The molecule has 0 saturated carbocycles. The summed E-state index contributed by atoms with van der Waals surface area (Å²) in [6.45, 7) is 6.34. The number of hydrogen-bond acceptors (Lipinski definition) is 1. The summed E-state index contributed by atoms with van der Waals surface area (Å²) < 4.78 is 0. The Hall–Kier alpha value is -0.530. The van der Waals surface area contributed by atoms with E-state index in [1.807, 2.05) is 0 Å². The molecule has 1 aromatic rings. The number of hydrogen-bond donors (Lipinski definition) is 1. The van der Waals surface area contributed by atoms with Crippen molar-refractivity contribution >= 4 is 11.6 Å². The standard InChI is InChI=1S/C13H20ClN/c1-11(2)13-5-3-12(4-6-13)7-9-15-10-8-14/h3-6,11,15H,7-10H2,1-2H3. The molecule has 0 spiro atoms. The van der Waals surface area contributed by atoms with Crippen molar-refractivity contribution < 1.29 is 0 Å². The van der Waals surface area contributed by atoms with E-state index in [0.717, 1.165) is 19.5 Å². The summed E-state index contributed by atoms with van der Waals surface area (Å²) in [5.41, 5.74) is 2.80. The quantitative estimate of drug-likeness (QED) is 0.579. The van der Waals surface area contributed by atoms with Crippen LogP contribution in [-0.4, -0.2) is 19.0 Å². The summed E-state index contributed by atoms with van der Waals surface area (Å²) in [7, 11) is 0. The molecule has 0 saturated heterocycles. The Bertz CT molecular complexity index is 266. The van der Waals surface area contributed by atoms with Gasteiger partial charge >= 0.3 is 0 Å². The topological polar surface area (TPSA) is 12.0 Å². The van der Waals surface area contributed by atoms with Crippen molar-refractivity contribution in [2.75, 3.05) is 19.0 Å². The minimum Gasteiger partial charge on any atom is -0.315 e. The zero-order chi connectivity index (χ0) is 11.1. The average Bonchev–Trinajstić information content (AvgIpc) is 2.25. The molecule has 0 radical (unpaired) electrons. The molecule has 0 fully saturated rings. The van der Waals surface area contributed by atoms with Gasteiger partial charge in [0.2, 0.25) is 0 Å². The minimum atomic E-state index is 0.619. The smallest absolute Gasteiger partial charge is 0.0348 e.